The summed E-state index contributed by atoms with van der Waals surface area (Å²) in [5.74, 6) is -1.86. The molecule has 5 atom stereocenters. The Balaban J connectivity index is 1.44. The zero-order chi connectivity index (χ0) is 22.7. The number of hydrogen-bond acceptors (Lipinski definition) is 5. The van der Waals surface area contributed by atoms with E-state index in [9.17, 15) is 14.4 Å². The summed E-state index contributed by atoms with van der Waals surface area (Å²) in [6.45, 7) is 0.936. The van der Waals surface area contributed by atoms with E-state index < -0.39 is 17.9 Å². The summed E-state index contributed by atoms with van der Waals surface area (Å²) >= 11 is 3.51. The van der Waals surface area contributed by atoms with Crippen LogP contribution < -0.4 is 4.90 Å². The van der Waals surface area contributed by atoms with Crippen LogP contribution in [0.4, 0.5) is 5.69 Å². The van der Waals surface area contributed by atoms with E-state index in [0.717, 1.165) is 28.6 Å². The molecule has 6 nitrogen and oxygen atoms in total. The highest BCUT2D eigenvalue weighted by Gasteiger charge is 2.64. The van der Waals surface area contributed by atoms with Gasteiger partial charge in [0, 0.05) is 22.3 Å². The molecule has 6 rings (SSSR count). The van der Waals surface area contributed by atoms with Crippen molar-refractivity contribution in [2.75, 3.05) is 18.1 Å². The van der Waals surface area contributed by atoms with E-state index in [1.807, 2.05) is 53.5 Å². The molecule has 0 aliphatic carbocycles. The number of ether oxygens (including phenoxy) is 1. The zero-order valence-electron chi connectivity index (χ0n) is 17.9. The minimum Gasteiger partial charge on any atom is -0.376 e. The van der Waals surface area contributed by atoms with Gasteiger partial charge in [0.1, 0.15) is 6.04 Å². The Hall–Kier alpha value is -2.77. The minimum absolute atomic E-state index is 0.115. The van der Waals surface area contributed by atoms with Crippen LogP contribution in [0.3, 0.4) is 0 Å². The number of amides is 2. The maximum absolute atomic E-state index is 13.8. The van der Waals surface area contributed by atoms with Crippen LogP contribution in [0.25, 0.3) is 6.08 Å². The Morgan fingerprint density at radius 2 is 1.85 bits per heavy atom. The Bertz CT molecular complexity index is 1170. The quantitative estimate of drug-likeness (QED) is 0.467. The lowest BCUT2D eigenvalue weighted by molar-refractivity contribution is -0.142. The summed E-state index contributed by atoms with van der Waals surface area (Å²) in [5, 5.41) is 0. The van der Waals surface area contributed by atoms with Gasteiger partial charge in [0.05, 0.1) is 30.5 Å². The van der Waals surface area contributed by atoms with Crippen molar-refractivity contribution < 1.29 is 19.1 Å². The fourth-order valence-corrected chi connectivity index (χ4v) is 6.23. The van der Waals surface area contributed by atoms with Gasteiger partial charge in [-0.2, -0.15) is 0 Å². The van der Waals surface area contributed by atoms with E-state index in [1.54, 1.807) is 12.1 Å². The first-order valence-electron chi connectivity index (χ1n) is 11.4. The molecule has 3 saturated heterocycles. The van der Waals surface area contributed by atoms with Crippen molar-refractivity contribution in [2.45, 2.75) is 31.0 Å². The molecule has 3 fully saturated rings. The lowest BCUT2D eigenvalue weighted by Crippen LogP contribution is -2.49. The SMILES string of the molecule is O=C(c1ccccc1)C1C2C(=O)N(CC3CCCO3)C(=O)C2C2C=Cc3cc(Br)ccc3N21. The van der Waals surface area contributed by atoms with Crippen molar-refractivity contribution in [2.24, 2.45) is 11.8 Å². The number of anilines is 1. The standard InChI is InChI=1S/C26H23BrN2O4/c27-17-9-11-19-16(13-17)8-10-20-21-22(23(29(19)20)24(30)15-5-2-1-3-6-15)26(32)28(25(21)31)14-18-7-4-12-33-18/h1-3,5-6,8-11,13,18,20-23H,4,7,12,14H2. The predicted molar refractivity (Wildman–Crippen MR) is 127 cm³/mol. The summed E-state index contributed by atoms with van der Waals surface area (Å²) in [6.07, 6.45) is 5.64. The highest BCUT2D eigenvalue weighted by molar-refractivity contribution is 9.10. The Kier molecular flexibility index (Phi) is 4.99. The molecule has 4 heterocycles. The largest absolute Gasteiger partial charge is 0.376 e. The van der Waals surface area contributed by atoms with E-state index in [1.165, 1.54) is 4.90 Å². The zero-order valence-corrected chi connectivity index (χ0v) is 19.5. The van der Waals surface area contributed by atoms with Gasteiger partial charge in [-0.05, 0) is 36.6 Å². The van der Waals surface area contributed by atoms with Gasteiger partial charge in [-0.1, -0.05) is 58.4 Å². The lowest BCUT2D eigenvalue weighted by atomic mass is 9.86. The number of carbonyl (C=O) groups is 3. The van der Waals surface area contributed by atoms with Gasteiger partial charge in [0.15, 0.2) is 5.78 Å². The molecule has 5 unspecified atom stereocenters. The number of ketones is 1. The highest BCUT2D eigenvalue weighted by Crippen LogP contribution is 2.49. The number of nitrogens with zero attached hydrogens (tertiary/aromatic N) is 2. The van der Waals surface area contributed by atoms with E-state index >= 15 is 0 Å². The Morgan fingerprint density at radius 1 is 1.06 bits per heavy atom. The third-order valence-corrected chi connectivity index (χ3v) is 7.79. The number of carbonyl (C=O) groups excluding carboxylic acids is 3. The van der Waals surface area contributed by atoms with Crippen molar-refractivity contribution in [1.82, 2.24) is 4.90 Å². The van der Waals surface area contributed by atoms with E-state index in [2.05, 4.69) is 15.9 Å². The van der Waals surface area contributed by atoms with Gasteiger partial charge in [0.25, 0.3) is 0 Å². The van der Waals surface area contributed by atoms with E-state index in [0.29, 0.717) is 12.2 Å². The molecular formula is C26H23BrN2O4. The third-order valence-electron chi connectivity index (χ3n) is 7.30. The van der Waals surface area contributed by atoms with Crippen LogP contribution >= 0.6 is 15.9 Å². The molecule has 2 aromatic carbocycles. The molecule has 33 heavy (non-hydrogen) atoms. The maximum atomic E-state index is 13.8. The lowest BCUT2D eigenvalue weighted by Gasteiger charge is -2.36. The van der Waals surface area contributed by atoms with Crippen molar-refractivity contribution in [3.05, 3.63) is 70.2 Å². The molecule has 4 aliphatic heterocycles. The molecule has 0 radical (unpaired) electrons. The number of likely N-dealkylation sites (tertiary alicyclic amines) is 1. The van der Waals surface area contributed by atoms with Crippen LogP contribution in [0.15, 0.2) is 59.1 Å². The highest BCUT2D eigenvalue weighted by atomic mass is 79.9. The van der Waals surface area contributed by atoms with Gasteiger partial charge in [0.2, 0.25) is 11.8 Å². The molecule has 2 amide bonds. The third kappa shape index (κ3) is 3.21. The van der Waals surface area contributed by atoms with Crippen LogP contribution in [-0.4, -0.2) is 53.8 Å². The van der Waals surface area contributed by atoms with Gasteiger partial charge in [-0.3, -0.25) is 19.3 Å². The molecule has 0 saturated carbocycles. The summed E-state index contributed by atoms with van der Waals surface area (Å²) in [6, 6.07) is 13.9. The summed E-state index contributed by atoms with van der Waals surface area (Å²) in [7, 11) is 0. The molecule has 0 N–H and O–H groups in total. The molecule has 2 aromatic rings. The van der Waals surface area contributed by atoms with E-state index in [-0.39, 0.29) is 36.3 Å². The predicted octanol–water partition coefficient (Wildman–Crippen LogP) is 3.70. The van der Waals surface area contributed by atoms with Crippen molar-refractivity contribution in [3.63, 3.8) is 0 Å². The van der Waals surface area contributed by atoms with E-state index in [4.69, 9.17) is 4.74 Å². The molecule has 168 valence electrons. The fraction of sp³-hybridized carbons (Fsp3) is 0.346. The van der Waals surface area contributed by atoms with Gasteiger partial charge in [-0.25, -0.2) is 0 Å². The second-order valence-corrected chi connectivity index (χ2v) is 10.0. The van der Waals surface area contributed by atoms with Crippen LogP contribution in [0.1, 0.15) is 28.8 Å². The number of imide groups is 1. The summed E-state index contributed by atoms with van der Waals surface area (Å²) in [4.78, 5) is 44.5. The van der Waals surface area contributed by atoms with Crippen molar-refractivity contribution >= 4 is 45.3 Å². The Morgan fingerprint density at radius 3 is 2.61 bits per heavy atom. The number of hydrogen-bond donors (Lipinski definition) is 0. The first-order chi connectivity index (χ1) is 16.0. The molecule has 7 heteroatoms. The number of fused-ring (bicyclic) bond motifs is 5. The van der Waals surface area contributed by atoms with Crippen LogP contribution in [0.5, 0.6) is 0 Å². The average Bonchev–Trinajstić information content (AvgIpc) is 3.52. The smallest absolute Gasteiger partial charge is 0.235 e. The monoisotopic (exact) mass is 506 g/mol. The second-order valence-electron chi connectivity index (χ2n) is 9.11. The van der Waals surface area contributed by atoms with Crippen LogP contribution in [0.2, 0.25) is 0 Å². The molecular weight excluding hydrogens is 484 g/mol. The number of benzene rings is 2. The molecule has 4 aliphatic rings. The van der Waals surface area contributed by atoms with Gasteiger partial charge >= 0.3 is 0 Å². The normalized spacial score (nSPS) is 29.9. The fourth-order valence-electron chi connectivity index (χ4n) is 5.85. The maximum Gasteiger partial charge on any atom is 0.235 e. The Labute approximate surface area is 200 Å². The van der Waals surface area contributed by atoms with Crippen LogP contribution in [0, 0.1) is 11.8 Å². The van der Waals surface area contributed by atoms with Gasteiger partial charge < -0.3 is 9.64 Å². The average molecular weight is 507 g/mol. The topological polar surface area (TPSA) is 66.9 Å². The molecule has 0 bridgehead atoms. The number of halogens is 1. The first kappa shape index (κ1) is 20.8. The van der Waals surface area contributed by atoms with Gasteiger partial charge in [-0.15, -0.1) is 0 Å². The van der Waals surface area contributed by atoms with Crippen molar-refractivity contribution in [3.8, 4) is 0 Å². The molecule has 0 aromatic heterocycles. The number of rotatable bonds is 4. The van der Waals surface area contributed by atoms with Crippen molar-refractivity contribution in [1.29, 1.82) is 0 Å². The summed E-state index contributed by atoms with van der Waals surface area (Å²) in [5.41, 5.74) is 2.39. The molecule has 0 spiro atoms. The van der Waals surface area contributed by atoms with Crippen LogP contribution in [-0.2, 0) is 14.3 Å². The second kappa shape index (κ2) is 7.92. The summed E-state index contributed by atoms with van der Waals surface area (Å²) < 4.78 is 6.63. The minimum atomic E-state index is -0.738. The number of Topliss-reactive ketones (excluding diaryl/α,β-unsaturated/α-hetero) is 1. The first-order valence-corrected chi connectivity index (χ1v) is 12.2.